The Morgan fingerprint density at radius 2 is 0.644 bits per heavy atom. The van der Waals surface area contributed by atoms with E-state index in [1.165, 1.54) is 154 Å². The number of ether oxygens (including phenoxy) is 3. The zero-order chi connectivity index (χ0) is 43.0. The monoisotopic (exact) mass is 831 g/mol. The van der Waals surface area contributed by atoms with Crippen molar-refractivity contribution in [3.63, 3.8) is 0 Å². The highest BCUT2D eigenvalue weighted by molar-refractivity contribution is 5.71. The zero-order valence-corrected chi connectivity index (χ0v) is 39.5. The second kappa shape index (κ2) is 48.6. The van der Waals surface area contributed by atoms with E-state index in [1.54, 1.807) is 0 Å². The van der Waals surface area contributed by atoms with Gasteiger partial charge in [-0.3, -0.25) is 14.4 Å². The zero-order valence-electron chi connectivity index (χ0n) is 39.5. The topological polar surface area (TPSA) is 78.9 Å². The third-order valence-electron chi connectivity index (χ3n) is 11.4. The highest BCUT2D eigenvalue weighted by Crippen LogP contribution is 2.16. The van der Waals surface area contributed by atoms with Crippen LogP contribution in [0, 0.1) is 0 Å². The van der Waals surface area contributed by atoms with Crippen LogP contribution in [0.3, 0.4) is 0 Å². The summed E-state index contributed by atoms with van der Waals surface area (Å²) < 4.78 is 16.8. The molecule has 0 aliphatic heterocycles. The molecular formula is C53H98O6. The Bertz CT molecular complexity index is 958. The molecule has 6 nitrogen and oxygen atoms in total. The van der Waals surface area contributed by atoms with Crippen LogP contribution in [0.2, 0.25) is 0 Å². The Labute approximate surface area is 366 Å². The van der Waals surface area contributed by atoms with Crippen LogP contribution >= 0.6 is 0 Å². The van der Waals surface area contributed by atoms with Crippen LogP contribution in [0.4, 0.5) is 0 Å². The molecule has 1 unspecified atom stereocenters. The molecule has 1 atom stereocenters. The van der Waals surface area contributed by atoms with Gasteiger partial charge in [0.1, 0.15) is 13.2 Å². The van der Waals surface area contributed by atoms with Crippen molar-refractivity contribution < 1.29 is 28.6 Å². The summed E-state index contributed by atoms with van der Waals surface area (Å²) in [5.74, 6) is -0.871. The van der Waals surface area contributed by atoms with E-state index in [4.69, 9.17) is 14.2 Å². The number of hydrogen-bond acceptors (Lipinski definition) is 6. The first-order valence-corrected chi connectivity index (χ1v) is 25.8. The van der Waals surface area contributed by atoms with E-state index in [1.807, 2.05) is 0 Å². The molecule has 6 heteroatoms. The van der Waals surface area contributed by atoms with Crippen molar-refractivity contribution in [2.75, 3.05) is 13.2 Å². The van der Waals surface area contributed by atoms with Crippen molar-refractivity contribution in [3.05, 3.63) is 24.3 Å². The fourth-order valence-corrected chi connectivity index (χ4v) is 7.54. The first kappa shape index (κ1) is 56.9. The molecule has 0 bridgehead atoms. The van der Waals surface area contributed by atoms with Crippen LogP contribution in [0.15, 0.2) is 24.3 Å². The van der Waals surface area contributed by atoms with Gasteiger partial charge in [-0.2, -0.15) is 0 Å². The maximum Gasteiger partial charge on any atom is 0.306 e. The summed E-state index contributed by atoms with van der Waals surface area (Å²) in [5.41, 5.74) is 0. The van der Waals surface area contributed by atoms with Gasteiger partial charge in [0.15, 0.2) is 6.10 Å². The van der Waals surface area contributed by atoms with Crippen LogP contribution in [-0.2, 0) is 28.6 Å². The molecule has 0 saturated carbocycles. The molecule has 0 fully saturated rings. The van der Waals surface area contributed by atoms with Gasteiger partial charge in [0, 0.05) is 19.3 Å². The van der Waals surface area contributed by atoms with Crippen molar-refractivity contribution in [3.8, 4) is 0 Å². The minimum absolute atomic E-state index is 0.0708. The quantitative estimate of drug-likeness (QED) is 0.0263. The van der Waals surface area contributed by atoms with Crippen LogP contribution in [0.1, 0.15) is 278 Å². The maximum atomic E-state index is 12.8. The summed E-state index contributed by atoms with van der Waals surface area (Å²) in [5, 5.41) is 0. The predicted molar refractivity (Wildman–Crippen MR) is 252 cm³/mol. The SMILES string of the molecule is CCC/C=C\C/C=C\CCCCCCCC(=O)OCC(COC(=O)CCCCCCCCCCCCCCCC)OC(=O)CCCCCCCCCCCCCCCC. The van der Waals surface area contributed by atoms with E-state index < -0.39 is 6.10 Å². The van der Waals surface area contributed by atoms with Crippen molar-refractivity contribution in [1.29, 1.82) is 0 Å². The smallest absolute Gasteiger partial charge is 0.306 e. The molecule has 0 aliphatic carbocycles. The summed E-state index contributed by atoms with van der Waals surface area (Å²) in [6, 6.07) is 0. The average molecular weight is 831 g/mol. The second-order valence-corrected chi connectivity index (χ2v) is 17.4. The maximum absolute atomic E-state index is 12.8. The molecule has 0 rings (SSSR count). The highest BCUT2D eigenvalue weighted by Gasteiger charge is 2.19. The van der Waals surface area contributed by atoms with E-state index in [0.29, 0.717) is 19.3 Å². The summed E-state index contributed by atoms with van der Waals surface area (Å²) in [6.07, 6.45) is 54.4. The number of carbonyl (C=O) groups is 3. The molecule has 0 radical (unpaired) electrons. The van der Waals surface area contributed by atoms with Crippen LogP contribution in [-0.4, -0.2) is 37.2 Å². The number of hydrogen-bond donors (Lipinski definition) is 0. The van der Waals surface area contributed by atoms with E-state index in [2.05, 4.69) is 45.1 Å². The van der Waals surface area contributed by atoms with Gasteiger partial charge in [-0.15, -0.1) is 0 Å². The normalized spacial score (nSPS) is 12.1. The predicted octanol–water partition coefficient (Wildman–Crippen LogP) is 16.8. The lowest BCUT2D eigenvalue weighted by atomic mass is 10.0. The molecule has 0 amide bonds. The van der Waals surface area contributed by atoms with E-state index in [9.17, 15) is 14.4 Å². The van der Waals surface area contributed by atoms with Crippen LogP contribution in [0.25, 0.3) is 0 Å². The number of allylic oxidation sites excluding steroid dienone is 4. The minimum Gasteiger partial charge on any atom is -0.462 e. The Morgan fingerprint density at radius 3 is 1.00 bits per heavy atom. The van der Waals surface area contributed by atoms with E-state index in [-0.39, 0.29) is 31.1 Å². The Hall–Kier alpha value is -2.11. The summed E-state index contributed by atoms with van der Waals surface area (Å²) in [6.45, 7) is 6.59. The average Bonchev–Trinajstić information content (AvgIpc) is 3.23. The lowest BCUT2D eigenvalue weighted by Gasteiger charge is -2.18. The van der Waals surface area contributed by atoms with Crippen LogP contribution in [0.5, 0.6) is 0 Å². The molecule has 0 aromatic heterocycles. The van der Waals surface area contributed by atoms with Crippen LogP contribution < -0.4 is 0 Å². The minimum atomic E-state index is -0.770. The highest BCUT2D eigenvalue weighted by atomic mass is 16.6. The molecule has 346 valence electrons. The van der Waals surface area contributed by atoms with Gasteiger partial charge in [-0.05, 0) is 44.9 Å². The molecule has 59 heavy (non-hydrogen) atoms. The lowest BCUT2D eigenvalue weighted by molar-refractivity contribution is -0.167. The third kappa shape index (κ3) is 46.8. The van der Waals surface area contributed by atoms with E-state index in [0.717, 1.165) is 83.5 Å². The molecule has 0 aromatic carbocycles. The van der Waals surface area contributed by atoms with E-state index >= 15 is 0 Å². The van der Waals surface area contributed by atoms with Crippen molar-refractivity contribution in [2.45, 2.75) is 284 Å². The third-order valence-corrected chi connectivity index (χ3v) is 11.4. The summed E-state index contributed by atoms with van der Waals surface area (Å²) >= 11 is 0. The van der Waals surface area contributed by atoms with Gasteiger partial charge in [0.05, 0.1) is 0 Å². The molecule has 0 aromatic rings. The molecule has 0 spiro atoms. The van der Waals surface area contributed by atoms with Crippen molar-refractivity contribution in [2.24, 2.45) is 0 Å². The number of unbranched alkanes of at least 4 members (excludes halogenated alkanes) is 32. The molecule has 0 aliphatic rings. The molecule has 0 N–H and O–H groups in total. The number of carbonyl (C=O) groups excluding carboxylic acids is 3. The Balaban J connectivity index is 4.35. The first-order valence-electron chi connectivity index (χ1n) is 25.8. The van der Waals surface area contributed by atoms with Crippen molar-refractivity contribution >= 4 is 17.9 Å². The van der Waals surface area contributed by atoms with Gasteiger partial charge in [-0.25, -0.2) is 0 Å². The largest absolute Gasteiger partial charge is 0.462 e. The lowest BCUT2D eigenvalue weighted by Crippen LogP contribution is -2.30. The van der Waals surface area contributed by atoms with Gasteiger partial charge in [0.2, 0.25) is 0 Å². The summed E-state index contributed by atoms with van der Waals surface area (Å²) in [4.78, 5) is 37.9. The van der Waals surface area contributed by atoms with Crippen molar-refractivity contribution in [1.82, 2.24) is 0 Å². The fourth-order valence-electron chi connectivity index (χ4n) is 7.54. The van der Waals surface area contributed by atoms with Gasteiger partial charge in [-0.1, -0.05) is 238 Å². The summed E-state index contributed by atoms with van der Waals surface area (Å²) in [7, 11) is 0. The van der Waals surface area contributed by atoms with Gasteiger partial charge >= 0.3 is 17.9 Å². The standard InChI is InChI=1S/C53H98O6/c1-4-7-10-13-16-19-22-25-28-31-34-37-40-43-46-52(55)58-49-50(48-57-51(54)45-42-39-36-33-30-27-24-21-18-15-12-9-6-3)59-53(56)47-44-41-38-35-32-29-26-23-20-17-14-11-8-5-2/h12,15,21,24,50H,4-11,13-14,16-20,22-23,25-49H2,1-3H3/b15-12-,24-21-. The molecular weight excluding hydrogens is 733 g/mol. The Kier molecular flexibility index (Phi) is 46.8. The van der Waals surface area contributed by atoms with Gasteiger partial charge in [0.25, 0.3) is 0 Å². The fraction of sp³-hybridized carbons (Fsp3) is 0.868. The number of esters is 3. The second-order valence-electron chi connectivity index (χ2n) is 17.4. The molecule has 0 heterocycles. The number of rotatable bonds is 47. The molecule has 0 saturated heterocycles. The first-order chi connectivity index (χ1) is 29.0. The van der Waals surface area contributed by atoms with Gasteiger partial charge < -0.3 is 14.2 Å². The Morgan fingerprint density at radius 1 is 0.339 bits per heavy atom.